The molecule has 1 aliphatic heterocycles. The number of hydrogen-bond acceptors (Lipinski definition) is 2. The molecule has 0 amide bonds. The largest absolute Gasteiger partial charge is 0.439 e. The van der Waals surface area contributed by atoms with Crippen molar-refractivity contribution in [3.63, 3.8) is 0 Å². The molecule has 0 unspecified atom stereocenters. The number of halogens is 9. The molecular weight excluding hydrogens is 261 g/mol. The summed E-state index contributed by atoms with van der Waals surface area (Å²) in [6.45, 7) is -2.91. The Balaban J connectivity index is 3.29. The first-order chi connectivity index (χ1) is 6.90. The standard InChI is InChI=1S/C5H2F9NO/c6-1-15-2(7,8)4(11,12)16-5(13,14)3(15,9)10/h1H2. The van der Waals surface area contributed by atoms with Crippen molar-refractivity contribution in [1.29, 1.82) is 0 Å². The van der Waals surface area contributed by atoms with Crippen LogP contribution in [0.1, 0.15) is 0 Å². The quantitative estimate of drug-likeness (QED) is 0.532. The molecule has 16 heavy (non-hydrogen) atoms. The zero-order valence-corrected chi connectivity index (χ0v) is 6.96. The van der Waals surface area contributed by atoms with Gasteiger partial charge in [0.05, 0.1) is 0 Å². The third kappa shape index (κ3) is 1.44. The van der Waals surface area contributed by atoms with Gasteiger partial charge in [-0.1, -0.05) is 0 Å². The zero-order chi connectivity index (χ0) is 13.0. The molecule has 0 radical (unpaired) electrons. The molecule has 0 aromatic carbocycles. The monoisotopic (exact) mass is 263 g/mol. The Kier molecular flexibility index (Phi) is 2.63. The molecule has 1 fully saturated rings. The number of nitrogens with zero attached hydrogens (tertiary/aromatic N) is 1. The lowest BCUT2D eigenvalue weighted by Crippen LogP contribution is -2.73. The molecule has 1 saturated heterocycles. The summed E-state index contributed by atoms with van der Waals surface area (Å²) >= 11 is 0. The molecule has 0 N–H and O–H groups in total. The third-order valence-corrected chi connectivity index (χ3v) is 1.75. The first-order valence-corrected chi connectivity index (χ1v) is 3.45. The van der Waals surface area contributed by atoms with E-state index >= 15 is 0 Å². The van der Waals surface area contributed by atoms with Gasteiger partial charge in [0.15, 0.2) is 6.80 Å². The predicted octanol–water partition coefficient (Wildman–Crippen LogP) is 2.62. The van der Waals surface area contributed by atoms with Crippen LogP contribution in [-0.2, 0) is 4.74 Å². The molecule has 0 aliphatic carbocycles. The van der Waals surface area contributed by atoms with Crippen LogP contribution < -0.4 is 0 Å². The Morgan fingerprint density at radius 3 is 1.31 bits per heavy atom. The van der Waals surface area contributed by atoms with Gasteiger partial charge in [0, 0.05) is 0 Å². The van der Waals surface area contributed by atoms with Crippen molar-refractivity contribution >= 4 is 0 Å². The van der Waals surface area contributed by atoms with Gasteiger partial charge in [0.25, 0.3) is 0 Å². The number of rotatable bonds is 1. The van der Waals surface area contributed by atoms with E-state index in [0.29, 0.717) is 0 Å². The fourth-order valence-corrected chi connectivity index (χ4v) is 0.924. The average molecular weight is 263 g/mol. The highest BCUT2D eigenvalue weighted by Gasteiger charge is 2.82. The first kappa shape index (κ1) is 13.4. The van der Waals surface area contributed by atoms with Gasteiger partial charge in [0.2, 0.25) is 0 Å². The van der Waals surface area contributed by atoms with E-state index in [1.165, 1.54) is 0 Å². The first-order valence-electron chi connectivity index (χ1n) is 3.45. The Morgan fingerprint density at radius 1 is 0.750 bits per heavy atom. The minimum Gasteiger partial charge on any atom is -0.243 e. The lowest BCUT2D eigenvalue weighted by molar-refractivity contribution is -0.565. The zero-order valence-electron chi connectivity index (χ0n) is 6.96. The van der Waals surface area contributed by atoms with Crippen molar-refractivity contribution in [2.45, 2.75) is 24.3 Å². The Bertz CT molecular complexity index is 264. The van der Waals surface area contributed by atoms with Gasteiger partial charge in [-0.25, -0.2) is 9.13 Å². The third-order valence-electron chi connectivity index (χ3n) is 1.75. The summed E-state index contributed by atoms with van der Waals surface area (Å²) in [6.07, 6.45) is -11.9. The minimum absolute atomic E-state index is 2.05. The van der Waals surface area contributed by atoms with Gasteiger partial charge in [-0.15, -0.1) is 4.90 Å². The highest BCUT2D eigenvalue weighted by molar-refractivity contribution is 4.92. The van der Waals surface area contributed by atoms with E-state index in [0.717, 1.165) is 0 Å². The van der Waals surface area contributed by atoms with Crippen LogP contribution >= 0.6 is 0 Å². The molecule has 96 valence electrons. The van der Waals surface area contributed by atoms with E-state index in [2.05, 4.69) is 0 Å². The Morgan fingerprint density at radius 2 is 1.06 bits per heavy atom. The van der Waals surface area contributed by atoms with Crippen LogP contribution in [0, 0.1) is 0 Å². The number of hydrogen-bond donors (Lipinski definition) is 0. The lowest BCUT2D eigenvalue weighted by Gasteiger charge is -2.45. The summed E-state index contributed by atoms with van der Waals surface area (Å²) in [5, 5.41) is 0. The maximum Gasteiger partial charge on any atom is 0.439 e. The molecule has 0 atom stereocenters. The number of morpholine rings is 1. The van der Waals surface area contributed by atoms with Crippen LogP contribution in [0.3, 0.4) is 0 Å². The van der Waals surface area contributed by atoms with Gasteiger partial charge in [-0.3, -0.25) is 0 Å². The fourth-order valence-electron chi connectivity index (χ4n) is 0.924. The smallest absolute Gasteiger partial charge is 0.243 e. The van der Waals surface area contributed by atoms with Crippen molar-refractivity contribution in [3.8, 4) is 0 Å². The normalized spacial score (nSPS) is 31.3. The molecule has 0 saturated carbocycles. The summed E-state index contributed by atoms with van der Waals surface area (Å²) in [6, 6.07) is -11.8. The molecule has 2 nitrogen and oxygen atoms in total. The second-order valence-electron chi connectivity index (χ2n) is 2.77. The van der Waals surface area contributed by atoms with Crippen LogP contribution in [0.5, 0.6) is 0 Å². The molecule has 0 aromatic rings. The molecule has 0 bridgehead atoms. The molecule has 1 rings (SSSR count). The van der Waals surface area contributed by atoms with E-state index < -0.39 is 36.0 Å². The highest BCUT2D eigenvalue weighted by atomic mass is 19.4. The second-order valence-corrected chi connectivity index (χ2v) is 2.77. The van der Waals surface area contributed by atoms with E-state index in [1.807, 2.05) is 4.74 Å². The van der Waals surface area contributed by atoms with Crippen LogP contribution in [0.4, 0.5) is 39.5 Å². The fraction of sp³-hybridized carbons (Fsp3) is 1.00. The summed E-state index contributed by atoms with van der Waals surface area (Å²) in [5.74, 6) is 0. The van der Waals surface area contributed by atoms with Crippen LogP contribution in [0.15, 0.2) is 0 Å². The summed E-state index contributed by atoms with van der Waals surface area (Å²) in [4.78, 5) is -2.26. The SMILES string of the molecule is FCN1C(F)(F)C(F)(F)OC(F)(F)C1(F)F. The van der Waals surface area contributed by atoms with Crippen molar-refractivity contribution in [3.05, 3.63) is 0 Å². The molecular formula is C5H2F9NO. The Labute approximate surface area is 81.6 Å². The molecule has 0 spiro atoms. The predicted molar refractivity (Wildman–Crippen MR) is 28.7 cm³/mol. The van der Waals surface area contributed by atoms with Crippen LogP contribution in [0.2, 0.25) is 0 Å². The highest BCUT2D eigenvalue weighted by Crippen LogP contribution is 2.55. The van der Waals surface area contributed by atoms with Gasteiger partial charge in [0.1, 0.15) is 0 Å². The van der Waals surface area contributed by atoms with Crippen LogP contribution in [-0.4, -0.2) is 36.0 Å². The maximum absolute atomic E-state index is 12.5. The summed E-state index contributed by atoms with van der Waals surface area (Å²) < 4.78 is 113. The number of ether oxygens (including phenoxy) is 1. The molecule has 0 aromatic heterocycles. The lowest BCUT2D eigenvalue weighted by atomic mass is 10.3. The molecule has 11 heteroatoms. The molecule has 1 aliphatic rings. The number of alkyl halides is 9. The maximum atomic E-state index is 12.5. The van der Waals surface area contributed by atoms with Crippen molar-refractivity contribution < 1.29 is 44.3 Å². The van der Waals surface area contributed by atoms with Crippen molar-refractivity contribution in [1.82, 2.24) is 4.90 Å². The van der Waals surface area contributed by atoms with Gasteiger partial charge < -0.3 is 0 Å². The van der Waals surface area contributed by atoms with Gasteiger partial charge in [-0.05, 0) is 0 Å². The summed E-state index contributed by atoms with van der Waals surface area (Å²) in [7, 11) is 0. The topological polar surface area (TPSA) is 12.5 Å². The van der Waals surface area contributed by atoms with Crippen LogP contribution in [0.25, 0.3) is 0 Å². The van der Waals surface area contributed by atoms with E-state index in [9.17, 15) is 39.5 Å². The van der Waals surface area contributed by atoms with Gasteiger partial charge in [-0.2, -0.15) is 35.1 Å². The Hall–Kier alpha value is -0.710. The summed E-state index contributed by atoms with van der Waals surface area (Å²) in [5.41, 5.74) is 0. The average Bonchev–Trinajstić information content (AvgIpc) is 1.99. The van der Waals surface area contributed by atoms with E-state index in [-0.39, 0.29) is 0 Å². The van der Waals surface area contributed by atoms with Gasteiger partial charge >= 0.3 is 24.3 Å². The second kappa shape index (κ2) is 3.15. The van der Waals surface area contributed by atoms with E-state index in [1.54, 1.807) is 0 Å². The van der Waals surface area contributed by atoms with Crippen molar-refractivity contribution in [2.75, 3.05) is 6.80 Å². The van der Waals surface area contributed by atoms with E-state index in [4.69, 9.17) is 0 Å². The molecule has 1 heterocycles. The van der Waals surface area contributed by atoms with Crippen molar-refractivity contribution in [2.24, 2.45) is 0 Å². The minimum atomic E-state index is -5.94.